The number of amides is 1. The first kappa shape index (κ1) is 16.5. The fourth-order valence-corrected chi connectivity index (χ4v) is 3.37. The number of nitrogens with one attached hydrogen (secondary N) is 2. The number of aromatic nitrogens is 4. The first-order chi connectivity index (χ1) is 12.6. The highest BCUT2D eigenvalue weighted by molar-refractivity contribution is 6.05. The molecule has 0 radical (unpaired) electrons. The lowest BCUT2D eigenvalue weighted by atomic mass is 10.0. The molecule has 0 aliphatic carbocycles. The van der Waals surface area contributed by atoms with E-state index in [0.717, 1.165) is 25.9 Å². The van der Waals surface area contributed by atoms with E-state index in [1.807, 2.05) is 6.07 Å². The van der Waals surface area contributed by atoms with Crippen molar-refractivity contribution >= 4 is 17.2 Å². The van der Waals surface area contributed by atoms with Gasteiger partial charge in [-0.05, 0) is 56.6 Å². The van der Waals surface area contributed by atoms with Crippen LogP contribution in [0.3, 0.4) is 0 Å². The van der Waals surface area contributed by atoms with Crippen LogP contribution in [0.4, 0.5) is 5.69 Å². The van der Waals surface area contributed by atoms with Crippen molar-refractivity contribution < 1.29 is 4.79 Å². The standard InChI is InChI=1S/C18H20N6O2/c1-12-6-9-23(14-4-7-19-8-5-14)18(26)16(12)17(25)22-13-2-3-15-20-11-21-24(15)10-13/h2-3,6,9-11,14,19H,4-5,7-8H2,1H3,(H,22,25). The Hall–Kier alpha value is -3.00. The van der Waals surface area contributed by atoms with E-state index >= 15 is 0 Å². The zero-order valence-corrected chi connectivity index (χ0v) is 14.5. The van der Waals surface area contributed by atoms with E-state index in [1.165, 1.54) is 6.33 Å². The quantitative estimate of drug-likeness (QED) is 0.743. The molecule has 3 aromatic rings. The number of nitrogens with zero attached hydrogens (tertiary/aromatic N) is 4. The van der Waals surface area contributed by atoms with Crippen LogP contribution in [-0.4, -0.2) is 38.2 Å². The topological polar surface area (TPSA) is 93.3 Å². The second kappa shape index (κ2) is 6.72. The molecule has 3 aromatic heterocycles. The number of pyridine rings is 2. The number of anilines is 1. The molecule has 1 aliphatic rings. The molecule has 8 heteroatoms. The van der Waals surface area contributed by atoms with Gasteiger partial charge in [0.1, 0.15) is 11.9 Å². The maximum atomic E-state index is 12.9. The summed E-state index contributed by atoms with van der Waals surface area (Å²) in [5, 5.41) is 10.1. The van der Waals surface area contributed by atoms with Crippen molar-refractivity contribution in [1.29, 1.82) is 0 Å². The van der Waals surface area contributed by atoms with Crippen molar-refractivity contribution in [3.8, 4) is 0 Å². The Morgan fingerprint density at radius 3 is 2.88 bits per heavy atom. The van der Waals surface area contributed by atoms with Crippen molar-refractivity contribution in [2.75, 3.05) is 18.4 Å². The average Bonchev–Trinajstić information content (AvgIpc) is 3.10. The van der Waals surface area contributed by atoms with Crippen LogP contribution in [0.1, 0.15) is 34.8 Å². The number of carbonyl (C=O) groups is 1. The minimum atomic E-state index is -0.407. The number of fused-ring (bicyclic) bond motifs is 1. The summed E-state index contributed by atoms with van der Waals surface area (Å²) < 4.78 is 3.27. The third-order valence-electron chi connectivity index (χ3n) is 4.79. The van der Waals surface area contributed by atoms with Crippen LogP contribution in [0.2, 0.25) is 0 Å². The van der Waals surface area contributed by atoms with E-state index in [0.29, 0.717) is 16.9 Å². The van der Waals surface area contributed by atoms with E-state index in [4.69, 9.17) is 0 Å². The van der Waals surface area contributed by atoms with E-state index in [2.05, 4.69) is 20.7 Å². The molecular weight excluding hydrogens is 332 g/mol. The van der Waals surface area contributed by atoms with Gasteiger partial charge in [0.2, 0.25) is 0 Å². The lowest BCUT2D eigenvalue weighted by molar-refractivity contribution is 0.102. The molecule has 1 saturated heterocycles. The number of rotatable bonds is 3. The summed E-state index contributed by atoms with van der Waals surface area (Å²) in [6.07, 6.45) is 6.68. The zero-order chi connectivity index (χ0) is 18.1. The summed E-state index contributed by atoms with van der Waals surface area (Å²) in [7, 11) is 0. The molecule has 1 fully saturated rings. The van der Waals surface area contributed by atoms with Crippen LogP contribution in [0.5, 0.6) is 0 Å². The highest BCUT2D eigenvalue weighted by atomic mass is 16.2. The normalized spacial score (nSPS) is 15.3. The number of piperidine rings is 1. The fourth-order valence-electron chi connectivity index (χ4n) is 3.37. The summed E-state index contributed by atoms with van der Waals surface area (Å²) in [6, 6.07) is 5.46. The highest BCUT2D eigenvalue weighted by Crippen LogP contribution is 2.18. The zero-order valence-electron chi connectivity index (χ0n) is 14.5. The Morgan fingerprint density at radius 2 is 2.08 bits per heavy atom. The molecule has 0 unspecified atom stereocenters. The summed E-state index contributed by atoms with van der Waals surface area (Å²) >= 11 is 0. The first-order valence-electron chi connectivity index (χ1n) is 8.67. The Kier molecular flexibility index (Phi) is 4.26. The van der Waals surface area contributed by atoms with Crippen LogP contribution in [-0.2, 0) is 0 Å². The van der Waals surface area contributed by atoms with E-state index in [9.17, 15) is 9.59 Å². The SMILES string of the molecule is Cc1ccn(C2CCNCC2)c(=O)c1C(=O)Nc1ccc2ncnn2c1. The van der Waals surface area contributed by atoms with Gasteiger partial charge in [-0.3, -0.25) is 9.59 Å². The second-order valence-corrected chi connectivity index (χ2v) is 6.50. The van der Waals surface area contributed by atoms with Gasteiger partial charge in [-0.15, -0.1) is 0 Å². The monoisotopic (exact) mass is 352 g/mol. The average molecular weight is 352 g/mol. The van der Waals surface area contributed by atoms with Gasteiger partial charge in [0.05, 0.1) is 11.9 Å². The van der Waals surface area contributed by atoms with Crippen molar-refractivity contribution in [2.45, 2.75) is 25.8 Å². The molecule has 134 valence electrons. The summed E-state index contributed by atoms with van der Waals surface area (Å²) in [5.74, 6) is -0.407. The predicted octanol–water partition coefficient (Wildman–Crippen LogP) is 1.38. The number of carbonyl (C=O) groups excluding carboxylic acids is 1. The smallest absolute Gasteiger partial charge is 0.263 e. The summed E-state index contributed by atoms with van der Waals surface area (Å²) in [4.78, 5) is 29.8. The van der Waals surface area contributed by atoms with Crippen LogP contribution in [0.25, 0.3) is 5.65 Å². The predicted molar refractivity (Wildman–Crippen MR) is 97.5 cm³/mol. The lowest BCUT2D eigenvalue weighted by Gasteiger charge is -2.25. The molecule has 0 atom stereocenters. The number of hydrogen-bond acceptors (Lipinski definition) is 5. The van der Waals surface area contributed by atoms with Crippen molar-refractivity contribution in [1.82, 2.24) is 24.5 Å². The van der Waals surface area contributed by atoms with Gasteiger partial charge in [0, 0.05) is 12.2 Å². The molecule has 26 heavy (non-hydrogen) atoms. The molecular formula is C18H20N6O2. The molecule has 0 aromatic carbocycles. The molecule has 0 bridgehead atoms. The maximum absolute atomic E-state index is 12.9. The summed E-state index contributed by atoms with van der Waals surface area (Å²) in [6.45, 7) is 3.54. The maximum Gasteiger partial charge on any atom is 0.263 e. The van der Waals surface area contributed by atoms with Crippen LogP contribution >= 0.6 is 0 Å². The van der Waals surface area contributed by atoms with Crippen molar-refractivity contribution in [3.63, 3.8) is 0 Å². The highest BCUT2D eigenvalue weighted by Gasteiger charge is 2.21. The van der Waals surface area contributed by atoms with Crippen LogP contribution in [0.15, 0.2) is 41.7 Å². The lowest BCUT2D eigenvalue weighted by Crippen LogP contribution is -2.37. The fraction of sp³-hybridized carbons (Fsp3) is 0.333. The molecule has 1 amide bonds. The third kappa shape index (κ3) is 2.99. The van der Waals surface area contributed by atoms with Gasteiger partial charge < -0.3 is 15.2 Å². The number of aryl methyl sites for hydroxylation is 1. The van der Waals surface area contributed by atoms with Gasteiger partial charge in [0.15, 0.2) is 5.65 Å². The second-order valence-electron chi connectivity index (χ2n) is 6.50. The van der Waals surface area contributed by atoms with E-state index < -0.39 is 5.91 Å². The minimum absolute atomic E-state index is 0.127. The van der Waals surface area contributed by atoms with Crippen LogP contribution in [0, 0.1) is 6.92 Å². The third-order valence-corrected chi connectivity index (χ3v) is 4.79. The Bertz CT molecular complexity index is 1020. The summed E-state index contributed by atoms with van der Waals surface area (Å²) in [5.41, 5.74) is 1.86. The molecule has 0 saturated carbocycles. The van der Waals surface area contributed by atoms with E-state index in [-0.39, 0.29) is 17.2 Å². The molecule has 4 heterocycles. The molecule has 2 N–H and O–H groups in total. The van der Waals surface area contributed by atoms with E-state index in [1.54, 1.807) is 40.5 Å². The molecule has 0 spiro atoms. The van der Waals surface area contributed by atoms with Gasteiger partial charge in [-0.25, -0.2) is 9.50 Å². The molecule has 8 nitrogen and oxygen atoms in total. The van der Waals surface area contributed by atoms with Crippen molar-refractivity contribution in [2.24, 2.45) is 0 Å². The molecule has 4 rings (SSSR count). The van der Waals surface area contributed by atoms with Gasteiger partial charge in [-0.2, -0.15) is 5.10 Å². The largest absolute Gasteiger partial charge is 0.320 e. The Morgan fingerprint density at radius 1 is 1.27 bits per heavy atom. The van der Waals surface area contributed by atoms with Gasteiger partial charge >= 0.3 is 0 Å². The first-order valence-corrected chi connectivity index (χ1v) is 8.67. The minimum Gasteiger partial charge on any atom is -0.320 e. The number of hydrogen-bond donors (Lipinski definition) is 2. The van der Waals surface area contributed by atoms with Crippen molar-refractivity contribution in [3.05, 3.63) is 58.4 Å². The molecule has 1 aliphatic heterocycles. The Labute approximate surface area is 149 Å². The Balaban J connectivity index is 1.65. The van der Waals surface area contributed by atoms with Crippen LogP contribution < -0.4 is 16.2 Å². The van der Waals surface area contributed by atoms with Gasteiger partial charge in [-0.1, -0.05) is 0 Å². The van der Waals surface area contributed by atoms with Gasteiger partial charge in [0.25, 0.3) is 11.5 Å².